The minimum absolute atomic E-state index is 0.0785. The fourth-order valence-electron chi connectivity index (χ4n) is 3.74. The lowest BCUT2D eigenvalue weighted by Gasteiger charge is -2.10. The zero-order valence-electron chi connectivity index (χ0n) is 17.5. The van der Waals surface area contributed by atoms with Gasteiger partial charge in [0.15, 0.2) is 0 Å². The van der Waals surface area contributed by atoms with Gasteiger partial charge in [0.2, 0.25) is 5.91 Å². The molecule has 1 unspecified atom stereocenters. The first-order valence-electron chi connectivity index (χ1n) is 10.0. The van der Waals surface area contributed by atoms with Crippen molar-refractivity contribution >= 4 is 29.0 Å². The lowest BCUT2D eigenvalue weighted by atomic mass is 10.0. The number of benzene rings is 2. The van der Waals surface area contributed by atoms with Gasteiger partial charge in [-0.3, -0.25) is 19.7 Å². The highest BCUT2D eigenvalue weighted by Crippen LogP contribution is 2.39. The molecule has 0 saturated carbocycles. The maximum Gasteiger partial charge on any atom is 0.292 e. The Morgan fingerprint density at radius 1 is 1.25 bits per heavy atom. The van der Waals surface area contributed by atoms with Gasteiger partial charge in [-0.15, -0.1) is 0 Å². The number of nitrogens with zero attached hydrogens (tertiary/aromatic N) is 3. The van der Waals surface area contributed by atoms with Crippen LogP contribution in [0.1, 0.15) is 25.1 Å². The number of nitro groups is 1. The minimum atomic E-state index is -0.856. The van der Waals surface area contributed by atoms with Gasteiger partial charge in [0, 0.05) is 11.6 Å². The van der Waals surface area contributed by atoms with E-state index in [9.17, 15) is 19.7 Å². The van der Waals surface area contributed by atoms with Crippen molar-refractivity contribution in [1.82, 2.24) is 9.78 Å². The van der Waals surface area contributed by atoms with E-state index < -0.39 is 16.9 Å². The molecule has 0 spiro atoms. The molecule has 4 rings (SSSR count). The molecule has 1 aromatic heterocycles. The average molecular weight is 435 g/mol. The van der Waals surface area contributed by atoms with Gasteiger partial charge < -0.3 is 15.4 Å². The number of nitrogens with one attached hydrogen (secondary N) is 2. The topological polar surface area (TPSA) is 128 Å². The zero-order valence-corrected chi connectivity index (χ0v) is 17.5. The van der Waals surface area contributed by atoms with Gasteiger partial charge >= 0.3 is 0 Å². The largest absolute Gasteiger partial charge is 0.497 e. The van der Waals surface area contributed by atoms with E-state index in [1.54, 1.807) is 13.2 Å². The Morgan fingerprint density at radius 3 is 2.62 bits per heavy atom. The number of amides is 2. The highest BCUT2D eigenvalue weighted by atomic mass is 16.6. The molecule has 164 valence electrons. The number of anilines is 2. The first kappa shape index (κ1) is 21.0. The minimum Gasteiger partial charge on any atom is -0.497 e. The summed E-state index contributed by atoms with van der Waals surface area (Å²) in [4.78, 5) is 35.9. The van der Waals surface area contributed by atoms with Crippen LogP contribution >= 0.6 is 0 Å². The van der Waals surface area contributed by atoms with Gasteiger partial charge in [-0.05, 0) is 30.2 Å². The molecule has 10 heteroatoms. The van der Waals surface area contributed by atoms with E-state index in [1.165, 1.54) is 22.9 Å². The Balaban J connectivity index is 1.61. The van der Waals surface area contributed by atoms with Crippen LogP contribution in [0.2, 0.25) is 0 Å². The van der Waals surface area contributed by atoms with Crippen molar-refractivity contribution in [3.8, 4) is 16.9 Å². The molecule has 1 aliphatic rings. The molecule has 0 bridgehead atoms. The van der Waals surface area contributed by atoms with Crippen molar-refractivity contribution in [3.05, 3.63) is 64.3 Å². The predicted octanol–water partition coefficient (Wildman–Crippen LogP) is 3.55. The molecule has 0 aliphatic carbocycles. The van der Waals surface area contributed by atoms with Crippen molar-refractivity contribution < 1.29 is 19.2 Å². The number of aryl methyl sites for hydroxylation is 1. The molecule has 3 aromatic rings. The van der Waals surface area contributed by atoms with Crippen molar-refractivity contribution in [3.63, 3.8) is 0 Å². The van der Waals surface area contributed by atoms with Crippen molar-refractivity contribution in [2.75, 3.05) is 17.7 Å². The summed E-state index contributed by atoms with van der Waals surface area (Å²) in [7, 11) is 1.59. The Kier molecular flexibility index (Phi) is 5.59. The summed E-state index contributed by atoms with van der Waals surface area (Å²) in [6.07, 6.45) is 0.421. The summed E-state index contributed by atoms with van der Waals surface area (Å²) in [6, 6.07) is 12.4. The summed E-state index contributed by atoms with van der Waals surface area (Å²) in [5.41, 5.74) is 2.31. The second-order valence-corrected chi connectivity index (χ2v) is 7.23. The van der Waals surface area contributed by atoms with E-state index in [2.05, 4.69) is 15.7 Å². The summed E-state index contributed by atoms with van der Waals surface area (Å²) < 4.78 is 6.74. The number of ether oxygens (including phenoxy) is 1. The number of carbonyl (C=O) groups is 2. The number of methoxy groups -OCH3 is 1. The highest BCUT2D eigenvalue weighted by molar-refractivity contribution is 6.04. The van der Waals surface area contributed by atoms with Crippen LogP contribution in [-0.4, -0.2) is 33.6 Å². The fraction of sp³-hybridized carbons (Fsp3) is 0.227. The third-order valence-electron chi connectivity index (χ3n) is 5.29. The molecule has 1 aliphatic heterocycles. The summed E-state index contributed by atoms with van der Waals surface area (Å²) in [5, 5.41) is 21.1. The van der Waals surface area contributed by atoms with Crippen LogP contribution < -0.4 is 15.4 Å². The summed E-state index contributed by atoms with van der Waals surface area (Å²) >= 11 is 0. The third-order valence-corrected chi connectivity index (χ3v) is 5.29. The van der Waals surface area contributed by atoms with E-state index in [4.69, 9.17) is 4.74 Å². The van der Waals surface area contributed by atoms with Crippen molar-refractivity contribution in [1.29, 1.82) is 0 Å². The van der Waals surface area contributed by atoms with Crippen LogP contribution in [0.5, 0.6) is 5.75 Å². The Bertz CT molecular complexity index is 1200. The van der Waals surface area contributed by atoms with Crippen LogP contribution in [0.25, 0.3) is 11.1 Å². The third kappa shape index (κ3) is 3.78. The van der Waals surface area contributed by atoms with Gasteiger partial charge in [0.1, 0.15) is 23.3 Å². The number of rotatable bonds is 7. The van der Waals surface area contributed by atoms with Gasteiger partial charge in [-0.25, -0.2) is 4.68 Å². The van der Waals surface area contributed by atoms with E-state index >= 15 is 0 Å². The van der Waals surface area contributed by atoms with Crippen molar-refractivity contribution in [2.45, 2.75) is 25.8 Å². The Labute approximate surface area is 183 Å². The summed E-state index contributed by atoms with van der Waals surface area (Å²) in [6.45, 7) is 1.96. The van der Waals surface area contributed by atoms with E-state index in [-0.39, 0.29) is 23.7 Å². The molecule has 2 heterocycles. The van der Waals surface area contributed by atoms with Crippen LogP contribution in [-0.2, 0) is 16.0 Å². The number of hydrogen-bond acceptors (Lipinski definition) is 6. The molecule has 2 aromatic carbocycles. The second kappa shape index (κ2) is 8.50. The first-order valence-corrected chi connectivity index (χ1v) is 10.0. The maximum atomic E-state index is 12.7. The van der Waals surface area contributed by atoms with E-state index in [1.807, 2.05) is 31.2 Å². The normalized spacial score (nSPS) is 14.6. The molecule has 10 nitrogen and oxygen atoms in total. The maximum absolute atomic E-state index is 12.7. The highest BCUT2D eigenvalue weighted by Gasteiger charge is 2.37. The molecule has 32 heavy (non-hydrogen) atoms. The smallest absolute Gasteiger partial charge is 0.292 e. The number of hydrogen-bond donors (Lipinski definition) is 2. The average Bonchev–Trinajstić information content (AvgIpc) is 3.29. The molecule has 1 atom stereocenters. The Morgan fingerprint density at radius 2 is 1.97 bits per heavy atom. The quantitative estimate of drug-likeness (QED) is 0.431. The molecule has 2 amide bonds. The Hall–Kier alpha value is -4.21. The molecule has 2 N–H and O–H groups in total. The predicted molar refractivity (Wildman–Crippen MR) is 118 cm³/mol. The van der Waals surface area contributed by atoms with Gasteiger partial charge in [-0.2, -0.15) is 5.10 Å². The molecule has 0 radical (unpaired) electrons. The first-order chi connectivity index (χ1) is 15.4. The van der Waals surface area contributed by atoms with Crippen LogP contribution in [0.4, 0.5) is 17.2 Å². The fourth-order valence-corrected chi connectivity index (χ4v) is 3.74. The molecular weight excluding hydrogens is 414 g/mol. The van der Waals surface area contributed by atoms with Gasteiger partial charge in [0.25, 0.3) is 11.6 Å². The molecular formula is C22H21N5O5. The van der Waals surface area contributed by atoms with Gasteiger partial charge in [0.05, 0.1) is 24.1 Å². The standard InChI is InChI=1S/C22H21N5O5/c1-3-15-20(13-8-10-14(32-2)11-9-13)21-24-22(29)18(26(21)25-15)12-19(28)23-16-6-4-5-7-17(16)27(30)31/h4-11,18H,3,12H2,1-2H3,(H,23,28)(H,24,29). The van der Waals surface area contributed by atoms with Gasteiger partial charge in [-0.1, -0.05) is 31.2 Å². The lowest BCUT2D eigenvalue weighted by Crippen LogP contribution is -2.24. The number of nitro benzene ring substituents is 1. The van der Waals surface area contributed by atoms with E-state index in [0.29, 0.717) is 18.0 Å². The molecule has 0 saturated heterocycles. The van der Waals surface area contributed by atoms with Crippen LogP contribution in [0.3, 0.4) is 0 Å². The summed E-state index contributed by atoms with van der Waals surface area (Å²) in [5.74, 6) is 0.360. The number of carbonyl (C=O) groups excluding carboxylic acids is 2. The molecule has 0 fully saturated rings. The lowest BCUT2D eigenvalue weighted by molar-refractivity contribution is -0.383. The van der Waals surface area contributed by atoms with Crippen LogP contribution in [0.15, 0.2) is 48.5 Å². The SMILES string of the molecule is CCc1nn2c(c1-c1ccc(OC)cc1)NC(=O)C2CC(=O)Nc1ccccc1[N+](=O)[O-]. The number of fused-ring (bicyclic) bond motifs is 1. The monoisotopic (exact) mass is 435 g/mol. The zero-order chi connectivity index (χ0) is 22.8. The second-order valence-electron chi connectivity index (χ2n) is 7.23. The number of aromatic nitrogens is 2. The number of para-hydroxylation sites is 2. The van der Waals surface area contributed by atoms with E-state index in [0.717, 1.165) is 16.8 Å². The van der Waals surface area contributed by atoms with Crippen LogP contribution in [0, 0.1) is 10.1 Å². The van der Waals surface area contributed by atoms with Crippen molar-refractivity contribution in [2.24, 2.45) is 0 Å².